The van der Waals surface area contributed by atoms with E-state index in [2.05, 4.69) is 10.1 Å². The first-order chi connectivity index (χ1) is 16.8. The second kappa shape index (κ2) is 9.03. The Kier molecular flexibility index (Phi) is 5.90. The van der Waals surface area contributed by atoms with Gasteiger partial charge in [-0.3, -0.25) is 0 Å². The molecular formula is C26H16ClF4N3O. The SMILES string of the molecule is Fc1cccc(Cl)c1COc1ccc(-c2cc(C(F)(F)F)n3ncc(-c4ccccc4)c3n2)cc1. The van der Waals surface area contributed by atoms with E-state index in [1.165, 1.54) is 18.3 Å². The third kappa shape index (κ3) is 4.57. The van der Waals surface area contributed by atoms with Gasteiger partial charge in [0.2, 0.25) is 0 Å². The van der Waals surface area contributed by atoms with E-state index >= 15 is 0 Å². The highest BCUT2D eigenvalue weighted by Crippen LogP contribution is 2.35. The second-order valence-electron chi connectivity index (χ2n) is 7.70. The number of aromatic nitrogens is 3. The Bertz CT molecular complexity index is 1480. The predicted molar refractivity (Wildman–Crippen MR) is 125 cm³/mol. The lowest BCUT2D eigenvalue weighted by atomic mass is 10.1. The van der Waals surface area contributed by atoms with Crippen LogP contribution in [0.15, 0.2) is 85.1 Å². The zero-order valence-corrected chi connectivity index (χ0v) is 18.7. The van der Waals surface area contributed by atoms with Crippen LogP contribution in [0.4, 0.5) is 17.6 Å². The number of hydrogen-bond acceptors (Lipinski definition) is 3. The van der Waals surface area contributed by atoms with Gasteiger partial charge < -0.3 is 4.74 Å². The van der Waals surface area contributed by atoms with Gasteiger partial charge in [-0.2, -0.15) is 18.3 Å². The molecule has 35 heavy (non-hydrogen) atoms. The first-order valence-corrected chi connectivity index (χ1v) is 10.9. The number of fused-ring (bicyclic) bond motifs is 1. The molecule has 0 unspecified atom stereocenters. The summed E-state index contributed by atoms with van der Waals surface area (Å²) in [6.07, 6.45) is -3.26. The van der Waals surface area contributed by atoms with Crippen molar-refractivity contribution >= 4 is 17.2 Å². The molecule has 3 aromatic carbocycles. The van der Waals surface area contributed by atoms with Crippen molar-refractivity contribution in [3.63, 3.8) is 0 Å². The summed E-state index contributed by atoms with van der Waals surface area (Å²) in [5.41, 5.74) is 1.15. The molecule has 0 N–H and O–H groups in total. The molecular weight excluding hydrogens is 482 g/mol. The monoisotopic (exact) mass is 497 g/mol. The van der Waals surface area contributed by atoms with Crippen molar-refractivity contribution in [1.82, 2.24) is 14.6 Å². The van der Waals surface area contributed by atoms with Crippen LogP contribution < -0.4 is 4.74 Å². The Morgan fingerprint density at radius 2 is 1.63 bits per heavy atom. The van der Waals surface area contributed by atoms with Crippen molar-refractivity contribution in [2.75, 3.05) is 0 Å². The normalized spacial score (nSPS) is 11.7. The summed E-state index contributed by atoms with van der Waals surface area (Å²) in [5, 5.41) is 4.19. The number of rotatable bonds is 5. The number of ether oxygens (including phenoxy) is 1. The summed E-state index contributed by atoms with van der Waals surface area (Å²) >= 11 is 6.02. The van der Waals surface area contributed by atoms with E-state index in [4.69, 9.17) is 16.3 Å². The van der Waals surface area contributed by atoms with Gasteiger partial charge in [0.15, 0.2) is 11.3 Å². The molecule has 4 nitrogen and oxygen atoms in total. The van der Waals surface area contributed by atoms with Crippen molar-refractivity contribution in [3.05, 3.63) is 107 Å². The van der Waals surface area contributed by atoms with Gasteiger partial charge in [-0.15, -0.1) is 0 Å². The number of halogens is 5. The van der Waals surface area contributed by atoms with Crippen LogP contribution in [0.2, 0.25) is 5.02 Å². The Morgan fingerprint density at radius 1 is 0.886 bits per heavy atom. The van der Waals surface area contributed by atoms with Gasteiger partial charge in [-0.1, -0.05) is 48.0 Å². The van der Waals surface area contributed by atoms with Gasteiger partial charge in [0, 0.05) is 16.7 Å². The topological polar surface area (TPSA) is 39.4 Å². The molecule has 5 aromatic rings. The standard InChI is InChI=1S/C26H16ClF4N3O/c27-21-7-4-8-22(28)20(21)15-35-18-11-9-17(10-12-18)23-13-24(26(29,30)31)34-25(33-23)19(14-32-34)16-5-2-1-3-6-16/h1-14H,15H2. The molecule has 0 aliphatic heterocycles. The molecule has 0 spiro atoms. The summed E-state index contributed by atoms with van der Waals surface area (Å²) in [6, 6.07) is 20.6. The largest absolute Gasteiger partial charge is 0.489 e. The van der Waals surface area contributed by atoms with E-state index < -0.39 is 17.7 Å². The van der Waals surface area contributed by atoms with Crippen LogP contribution in [-0.2, 0) is 12.8 Å². The van der Waals surface area contributed by atoms with Crippen LogP contribution >= 0.6 is 11.6 Å². The minimum Gasteiger partial charge on any atom is -0.489 e. The van der Waals surface area contributed by atoms with Crippen LogP contribution in [0.3, 0.4) is 0 Å². The summed E-state index contributed by atoms with van der Waals surface area (Å²) < 4.78 is 62.0. The quantitative estimate of drug-likeness (QED) is 0.237. The maximum atomic E-state index is 14.0. The Morgan fingerprint density at radius 3 is 2.31 bits per heavy atom. The van der Waals surface area contributed by atoms with Crippen LogP contribution in [-0.4, -0.2) is 14.6 Å². The highest BCUT2D eigenvalue weighted by Gasteiger charge is 2.35. The second-order valence-corrected chi connectivity index (χ2v) is 8.10. The lowest BCUT2D eigenvalue weighted by molar-refractivity contribution is -0.142. The summed E-state index contributed by atoms with van der Waals surface area (Å²) in [5.74, 6) is -0.0825. The lowest BCUT2D eigenvalue weighted by Crippen LogP contribution is -2.13. The maximum absolute atomic E-state index is 14.0. The first kappa shape index (κ1) is 22.9. The average Bonchev–Trinajstić information content (AvgIpc) is 3.27. The van der Waals surface area contributed by atoms with Crippen LogP contribution in [0.25, 0.3) is 28.0 Å². The molecule has 0 radical (unpaired) electrons. The fraction of sp³-hybridized carbons (Fsp3) is 0.0769. The van der Waals surface area contributed by atoms with Gasteiger partial charge in [0.05, 0.1) is 16.9 Å². The Hall–Kier alpha value is -3.91. The molecule has 0 saturated carbocycles. The maximum Gasteiger partial charge on any atom is 0.433 e. The third-order valence-electron chi connectivity index (χ3n) is 5.44. The van der Waals surface area contributed by atoms with Crippen LogP contribution in [0, 0.1) is 5.82 Å². The van der Waals surface area contributed by atoms with E-state index in [0.717, 1.165) is 10.6 Å². The van der Waals surface area contributed by atoms with E-state index in [1.54, 1.807) is 54.6 Å². The van der Waals surface area contributed by atoms with Gasteiger partial charge in [-0.25, -0.2) is 13.9 Å². The van der Waals surface area contributed by atoms with Gasteiger partial charge >= 0.3 is 6.18 Å². The zero-order valence-electron chi connectivity index (χ0n) is 17.9. The smallest absolute Gasteiger partial charge is 0.433 e. The molecule has 0 saturated heterocycles. The van der Waals surface area contributed by atoms with Crippen molar-refractivity contribution in [3.8, 4) is 28.1 Å². The molecule has 9 heteroatoms. The van der Waals surface area contributed by atoms with E-state index in [-0.39, 0.29) is 28.5 Å². The predicted octanol–water partition coefficient (Wildman–Crippen LogP) is 7.45. The first-order valence-electron chi connectivity index (χ1n) is 10.5. The van der Waals surface area contributed by atoms with Crippen molar-refractivity contribution in [1.29, 1.82) is 0 Å². The molecule has 0 aliphatic carbocycles. The molecule has 176 valence electrons. The number of nitrogens with zero attached hydrogens (tertiary/aromatic N) is 3. The van der Waals surface area contributed by atoms with Crippen LogP contribution in [0.1, 0.15) is 11.3 Å². The molecule has 0 atom stereocenters. The van der Waals surface area contributed by atoms with Crippen molar-refractivity contribution in [2.45, 2.75) is 12.8 Å². The van der Waals surface area contributed by atoms with Gasteiger partial charge in [0.1, 0.15) is 18.2 Å². The van der Waals surface area contributed by atoms with Gasteiger partial charge in [-0.05, 0) is 48.0 Å². The lowest BCUT2D eigenvalue weighted by Gasteiger charge is -2.12. The van der Waals surface area contributed by atoms with E-state index in [1.807, 2.05) is 6.07 Å². The highest BCUT2D eigenvalue weighted by molar-refractivity contribution is 6.31. The molecule has 2 heterocycles. The Labute approximate surface area is 202 Å². The summed E-state index contributed by atoms with van der Waals surface area (Å²) in [6.45, 7) is -0.0937. The van der Waals surface area contributed by atoms with Crippen molar-refractivity contribution < 1.29 is 22.3 Å². The van der Waals surface area contributed by atoms with Crippen molar-refractivity contribution in [2.24, 2.45) is 0 Å². The molecule has 0 bridgehead atoms. The Balaban J connectivity index is 1.50. The molecule has 5 rings (SSSR count). The van der Waals surface area contributed by atoms with E-state index in [9.17, 15) is 17.6 Å². The summed E-state index contributed by atoms with van der Waals surface area (Å²) in [7, 11) is 0. The van der Waals surface area contributed by atoms with Crippen LogP contribution in [0.5, 0.6) is 5.75 Å². The third-order valence-corrected chi connectivity index (χ3v) is 5.80. The fourth-order valence-electron chi connectivity index (χ4n) is 3.68. The zero-order chi connectivity index (χ0) is 24.6. The van der Waals surface area contributed by atoms with Gasteiger partial charge in [0.25, 0.3) is 0 Å². The fourth-order valence-corrected chi connectivity index (χ4v) is 3.90. The number of benzene rings is 3. The number of hydrogen-bond donors (Lipinski definition) is 0. The minimum absolute atomic E-state index is 0.0931. The molecule has 0 fully saturated rings. The molecule has 2 aromatic heterocycles. The minimum atomic E-state index is -4.64. The molecule has 0 amide bonds. The summed E-state index contributed by atoms with van der Waals surface area (Å²) in [4.78, 5) is 4.50. The highest BCUT2D eigenvalue weighted by atomic mass is 35.5. The molecule has 0 aliphatic rings. The average molecular weight is 498 g/mol. The number of alkyl halides is 3. The van der Waals surface area contributed by atoms with E-state index in [0.29, 0.717) is 22.4 Å².